The normalized spacial score (nSPS) is 12.2. The molecule has 0 aromatic carbocycles. The van der Waals surface area contributed by atoms with E-state index < -0.39 is 5.97 Å². The summed E-state index contributed by atoms with van der Waals surface area (Å²) in [5.41, 5.74) is 0. The fraction of sp³-hybridized carbons (Fsp3) is 0.800. The van der Waals surface area contributed by atoms with E-state index >= 15 is 0 Å². The number of carbonyl (C=O) groups is 2. The number of nitrogens with zero attached hydrogens (tertiary/aromatic N) is 1. The van der Waals surface area contributed by atoms with Crippen LogP contribution in [0.1, 0.15) is 26.7 Å². The maximum Gasteiger partial charge on any atom is 0.305 e. The van der Waals surface area contributed by atoms with Gasteiger partial charge in [0.1, 0.15) is 0 Å². The van der Waals surface area contributed by atoms with Gasteiger partial charge in [-0.15, -0.1) is 0 Å². The SMILES string of the molecule is CCNC(C)CC(=O)N(C)CCC(=O)O. The lowest BCUT2D eigenvalue weighted by molar-refractivity contribution is -0.138. The first-order chi connectivity index (χ1) is 6.97. The molecule has 5 nitrogen and oxygen atoms in total. The largest absolute Gasteiger partial charge is 0.481 e. The average molecular weight is 216 g/mol. The zero-order valence-corrected chi connectivity index (χ0v) is 9.62. The Kier molecular flexibility index (Phi) is 6.70. The highest BCUT2D eigenvalue weighted by atomic mass is 16.4. The van der Waals surface area contributed by atoms with E-state index in [1.165, 1.54) is 4.90 Å². The fourth-order valence-electron chi connectivity index (χ4n) is 1.23. The molecule has 0 aliphatic heterocycles. The minimum absolute atomic E-state index is 0.00216. The summed E-state index contributed by atoms with van der Waals surface area (Å²) < 4.78 is 0. The van der Waals surface area contributed by atoms with Gasteiger partial charge in [-0.3, -0.25) is 9.59 Å². The van der Waals surface area contributed by atoms with Gasteiger partial charge in [-0.2, -0.15) is 0 Å². The minimum atomic E-state index is -0.880. The van der Waals surface area contributed by atoms with E-state index in [4.69, 9.17) is 5.11 Å². The molecule has 5 heteroatoms. The molecular weight excluding hydrogens is 196 g/mol. The Hall–Kier alpha value is -1.10. The third kappa shape index (κ3) is 6.90. The van der Waals surface area contributed by atoms with Crippen LogP contribution in [0.15, 0.2) is 0 Å². The Balaban J connectivity index is 3.82. The van der Waals surface area contributed by atoms with Crippen molar-refractivity contribution in [2.45, 2.75) is 32.7 Å². The van der Waals surface area contributed by atoms with Crippen molar-refractivity contribution >= 4 is 11.9 Å². The Morgan fingerprint density at radius 2 is 2.07 bits per heavy atom. The number of carbonyl (C=O) groups excluding carboxylic acids is 1. The molecule has 0 aromatic heterocycles. The van der Waals surface area contributed by atoms with Crippen LogP contribution >= 0.6 is 0 Å². The van der Waals surface area contributed by atoms with Gasteiger partial charge in [0.05, 0.1) is 6.42 Å². The Morgan fingerprint density at radius 1 is 1.47 bits per heavy atom. The molecule has 2 N–H and O–H groups in total. The van der Waals surface area contributed by atoms with Crippen LogP contribution in [0.2, 0.25) is 0 Å². The van der Waals surface area contributed by atoms with Crippen molar-refractivity contribution in [3.8, 4) is 0 Å². The van der Waals surface area contributed by atoms with Gasteiger partial charge in [-0.1, -0.05) is 6.92 Å². The molecular formula is C10H20N2O3. The predicted octanol–water partition coefficient (Wildman–Crippen LogP) is 0.308. The molecule has 0 bridgehead atoms. The van der Waals surface area contributed by atoms with Crippen molar-refractivity contribution in [1.29, 1.82) is 0 Å². The highest BCUT2D eigenvalue weighted by molar-refractivity contribution is 5.77. The predicted molar refractivity (Wildman–Crippen MR) is 57.6 cm³/mol. The average Bonchev–Trinajstić information content (AvgIpc) is 2.14. The summed E-state index contributed by atoms with van der Waals surface area (Å²) in [6.07, 6.45) is 0.405. The number of rotatable bonds is 7. The molecule has 1 atom stereocenters. The molecule has 15 heavy (non-hydrogen) atoms. The molecule has 1 amide bonds. The quantitative estimate of drug-likeness (QED) is 0.642. The third-order valence-electron chi connectivity index (χ3n) is 2.12. The van der Waals surface area contributed by atoms with Crippen LogP contribution in [0.4, 0.5) is 0 Å². The van der Waals surface area contributed by atoms with Crippen molar-refractivity contribution in [1.82, 2.24) is 10.2 Å². The lowest BCUT2D eigenvalue weighted by Crippen LogP contribution is -2.35. The number of carboxylic acid groups (broad SMARTS) is 1. The summed E-state index contributed by atoms with van der Waals surface area (Å²) in [7, 11) is 1.63. The van der Waals surface area contributed by atoms with Gasteiger partial charge in [-0.05, 0) is 13.5 Å². The van der Waals surface area contributed by atoms with E-state index in [1.54, 1.807) is 7.05 Å². The maximum atomic E-state index is 11.5. The van der Waals surface area contributed by atoms with Crippen molar-refractivity contribution < 1.29 is 14.7 Å². The number of hydrogen-bond acceptors (Lipinski definition) is 3. The maximum absolute atomic E-state index is 11.5. The van der Waals surface area contributed by atoms with Crippen LogP contribution in [0.3, 0.4) is 0 Å². The van der Waals surface area contributed by atoms with Crippen LogP contribution in [-0.2, 0) is 9.59 Å². The first-order valence-corrected chi connectivity index (χ1v) is 5.16. The van der Waals surface area contributed by atoms with Gasteiger partial charge >= 0.3 is 5.97 Å². The van der Waals surface area contributed by atoms with Crippen LogP contribution in [0.25, 0.3) is 0 Å². The van der Waals surface area contributed by atoms with Crippen molar-refractivity contribution in [2.24, 2.45) is 0 Å². The van der Waals surface area contributed by atoms with E-state index in [1.807, 2.05) is 13.8 Å². The Labute approximate surface area is 90.5 Å². The molecule has 1 unspecified atom stereocenters. The zero-order valence-electron chi connectivity index (χ0n) is 9.62. The molecule has 0 heterocycles. The molecule has 88 valence electrons. The molecule has 0 aliphatic rings. The highest BCUT2D eigenvalue weighted by Crippen LogP contribution is 1.97. The second kappa shape index (κ2) is 7.23. The van der Waals surface area contributed by atoms with Crippen molar-refractivity contribution in [2.75, 3.05) is 20.1 Å². The third-order valence-corrected chi connectivity index (χ3v) is 2.12. The first kappa shape index (κ1) is 13.9. The standard InChI is InChI=1S/C10H20N2O3/c1-4-11-8(2)7-9(13)12(3)6-5-10(14)15/h8,11H,4-7H2,1-3H3,(H,14,15). The van der Waals surface area contributed by atoms with Gasteiger partial charge in [0, 0.05) is 26.1 Å². The highest BCUT2D eigenvalue weighted by Gasteiger charge is 2.13. The van der Waals surface area contributed by atoms with E-state index in [0.717, 1.165) is 6.54 Å². The van der Waals surface area contributed by atoms with Crippen LogP contribution in [0.5, 0.6) is 0 Å². The zero-order chi connectivity index (χ0) is 11.8. The van der Waals surface area contributed by atoms with Gasteiger partial charge in [0.15, 0.2) is 0 Å². The molecule has 0 fully saturated rings. The lowest BCUT2D eigenvalue weighted by atomic mass is 10.2. The molecule has 0 aromatic rings. The fourth-order valence-corrected chi connectivity index (χ4v) is 1.23. The summed E-state index contributed by atoms with van der Waals surface area (Å²) in [6.45, 7) is 5.02. The van der Waals surface area contributed by atoms with Crippen LogP contribution < -0.4 is 5.32 Å². The molecule has 0 saturated carbocycles. The molecule has 0 spiro atoms. The van der Waals surface area contributed by atoms with E-state index in [2.05, 4.69) is 5.32 Å². The van der Waals surface area contributed by atoms with Gasteiger partial charge < -0.3 is 15.3 Å². The van der Waals surface area contributed by atoms with E-state index in [-0.39, 0.29) is 24.9 Å². The lowest BCUT2D eigenvalue weighted by Gasteiger charge is -2.19. The summed E-state index contributed by atoms with van der Waals surface area (Å²) in [4.78, 5) is 23.3. The summed E-state index contributed by atoms with van der Waals surface area (Å²) in [5, 5.41) is 11.6. The second-order valence-electron chi connectivity index (χ2n) is 3.62. The number of carboxylic acids is 1. The minimum Gasteiger partial charge on any atom is -0.481 e. The number of amides is 1. The number of nitrogens with one attached hydrogen (secondary N) is 1. The molecule has 0 saturated heterocycles. The van der Waals surface area contributed by atoms with Gasteiger partial charge in [-0.25, -0.2) is 0 Å². The number of hydrogen-bond donors (Lipinski definition) is 2. The Morgan fingerprint density at radius 3 is 2.53 bits per heavy atom. The summed E-state index contributed by atoms with van der Waals surface area (Å²) in [6, 6.07) is 0.134. The van der Waals surface area contributed by atoms with E-state index in [9.17, 15) is 9.59 Å². The van der Waals surface area contributed by atoms with Crippen LogP contribution in [0, 0.1) is 0 Å². The Bertz CT molecular complexity index is 219. The molecule has 0 radical (unpaired) electrons. The van der Waals surface area contributed by atoms with Crippen molar-refractivity contribution in [3.63, 3.8) is 0 Å². The first-order valence-electron chi connectivity index (χ1n) is 5.16. The van der Waals surface area contributed by atoms with Crippen LogP contribution in [-0.4, -0.2) is 48.1 Å². The van der Waals surface area contributed by atoms with Crippen molar-refractivity contribution in [3.05, 3.63) is 0 Å². The van der Waals surface area contributed by atoms with Gasteiger partial charge in [0.2, 0.25) is 5.91 Å². The summed E-state index contributed by atoms with van der Waals surface area (Å²) >= 11 is 0. The molecule has 0 aliphatic carbocycles. The smallest absolute Gasteiger partial charge is 0.305 e. The topological polar surface area (TPSA) is 69.6 Å². The monoisotopic (exact) mass is 216 g/mol. The van der Waals surface area contributed by atoms with E-state index in [0.29, 0.717) is 6.42 Å². The second-order valence-corrected chi connectivity index (χ2v) is 3.62. The summed E-state index contributed by atoms with van der Waals surface area (Å²) in [5.74, 6) is -0.904. The van der Waals surface area contributed by atoms with Gasteiger partial charge in [0.25, 0.3) is 0 Å². The number of aliphatic carboxylic acids is 1. The molecule has 0 rings (SSSR count).